The third-order valence-electron chi connectivity index (χ3n) is 2.56. The van der Waals surface area contributed by atoms with Crippen LogP contribution in [-0.4, -0.2) is 28.0 Å². The monoisotopic (exact) mass is 291 g/mol. The van der Waals surface area contributed by atoms with E-state index in [0.29, 0.717) is 12.1 Å². The second kappa shape index (κ2) is 6.47. The van der Waals surface area contributed by atoms with Gasteiger partial charge in [0.15, 0.2) is 0 Å². The number of phenols is 1. The third-order valence-corrected chi connectivity index (χ3v) is 2.56. The first-order chi connectivity index (χ1) is 9.25. The number of azide groups is 1. The molecule has 0 amide bonds. The largest absolute Gasteiger partial charge is 0.508 e. The molecule has 9 heteroatoms. The Kier molecular flexibility index (Phi) is 5.20. The van der Waals surface area contributed by atoms with Crippen LogP contribution in [0.2, 0.25) is 0 Å². The van der Waals surface area contributed by atoms with Crippen molar-refractivity contribution in [3.8, 4) is 5.75 Å². The summed E-state index contributed by atoms with van der Waals surface area (Å²) in [4.78, 5) is 2.44. The summed E-state index contributed by atoms with van der Waals surface area (Å²) >= 11 is 0. The highest BCUT2D eigenvalue weighted by molar-refractivity contribution is 5.36. The van der Waals surface area contributed by atoms with Gasteiger partial charge in [0.05, 0.1) is 11.7 Å². The minimum atomic E-state index is -4.68. The Morgan fingerprint density at radius 3 is 2.45 bits per heavy atom. The molecule has 20 heavy (non-hydrogen) atoms. The molecule has 1 aromatic rings. The quantitative estimate of drug-likeness (QED) is 0.440. The molecule has 0 aliphatic heterocycles. The zero-order valence-corrected chi connectivity index (χ0v) is 10.1. The molecule has 0 aliphatic carbocycles. The van der Waals surface area contributed by atoms with Crippen molar-refractivity contribution in [3.05, 3.63) is 39.8 Å². The van der Waals surface area contributed by atoms with Crippen molar-refractivity contribution >= 4 is 0 Å². The van der Waals surface area contributed by atoms with Crippen molar-refractivity contribution in [1.82, 2.24) is 0 Å². The maximum absolute atomic E-state index is 12.6. The van der Waals surface area contributed by atoms with E-state index in [1.54, 1.807) is 0 Å². The molecule has 0 radical (unpaired) electrons. The highest BCUT2D eigenvalue weighted by atomic mass is 19.4. The van der Waals surface area contributed by atoms with E-state index >= 15 is 0 Å². The van der Waals surface area contributed by atoms with Gasteiger partial charge in [-0.2, -0.15) is 13.2 Å². The van der Waals surface area contributed by atoms with Crippen LogP contribution >= 0.6 is 0 Å². The van der Waals surface area contributed by atoms with Gasteiger partial charge in [0.1, 0.15) is 11.9 Å². The number of rotatable bonds is 5. The molecule has 1 rings (SSSR count). The van der Waals surface area contributed by atoms with E-state index in [0.717, 1.165) is 6.07 Å². The normalized spacial score (nSPS) is 14.4. The molecule has 0 saturated heterocycles. The molecule has 0 aromatic heterocycles. The van der Waals surface area contributed by atoms with Gasteiger partial charge in [0.2, 0.25) is 0 Å². The highest BCUT2D eigenvalue weighted by Gasteiger charge is 2.32. The van der Waals surface area contributed by atoms with Gasteiger partial charge < -0.3 is 15.3 Å². The third kappa shape index (κ3) is 4.30. The average molecular weight is 291 g/mol. The van der Waals surface area contributed by atoms with Crippen molar-refractivity contribution in [2.45, 2.75) is 24.8 Å². The van der Waals surface area contributed by atoms with Gasteiger partial charge >= 0.3 is 6.18 Å². The second-order valence-corrected chi connectivity index (χ2v) is 4.07. The Bertz CT molecular complexity index is 515. The van der Waals surface area contributed by atoms with Crippen molar-refractivity contribution in [2.75, 3.05) is 6.54 Å². The average Bonchev–Trinajstić information content (AvgIpc) is 2.36. The number of nitrogens with zero attached hydrogens (tertiary/aromatic N) is 3. The van der Waals surface area contributed by atoms with E-state index in [-0.39, 0.29) is 18.5 Å². The summed E-state index contributed by atoms with van der Waals surface area (Å²) in [6.07, 6.45) is -7.84. The molecular weight excluding hydrogens is 279 g/mol. The summed E-state index contributed by atoms with van der Waals surface area (Å²) in [5, 5.41) is 31.7. The van der Waals surface area contributed by atoms with Crippen LogP contribution in [0.3, 0.4) is 0 Å². The maximum atomic E-state index is 12.6. The maximum Gasteiger partial charge on any atom is 0.416 e. The second-order valence-electron chi connectivity index (χ2n) is 4.07. The summed E-state index contributed by atoms with van der Waals surface area (Å²) in [5.41, 5.74) is 6.65. The lowest BCUT2D eigenvalue weighted by atomic mass is 9.99. The summed E-state index contributed by atoms with van der Waals surface area (Å²) in [6, 6.07) is 2.08. The lowest BCUT2D eigenvalue weighted by molar-refractivity contribution is -0.137. The van der Waals surface area contributed by atoms with Gasteiger partial charge in [0.25, 0.3) is 0 Å². The topological polar surface area (TPSA) is 109 Å². The first-order valence-corrected chi connectivity index (χ1v) is 5.54. The Balaban J connectivity index is 2.95. The van der Waals surface area contributed by atoms with Gasteiger partial charge in [-0.05, 0) is 35.7 Å². The Labute approximate surface area is 111 Å². The standard InChI is InChI=1S/C11H12F3N3O3/c12-11(13,14)7-3-6(4-8(18)5-7)10(20)9(19)1-2-16-17-15/h3-5,9-10,18-20H,1-2H2. The van der Waals surface area contributed by atoms with Gasteiger partial charge in [-0.1, -0.05) is 5.11 Å². The molecule has 0 saturated carbocycles. The van der Waals surface area contributed by atoms with E-state index in [1.807, 2.05) is 0 Å². The molecule has 0 fully saturated rings. The fourth-order valence-electron chi connectivity index (χ4n) is 1.58. The molecule has 1 aromatic carbocycles. The minimum Gasteiger partial charge on any atom is -0.508 e. The predicted octanol–water partition coefficient (Wildman–Crippen LogP) is 2.51. The zero-order chi connectivity index (χ0) is 15.3. The first-order valence-electron chi connectivity index (χ1n) is 5.54. The van der Waals surface area contributed by atoms with Crippen LogP contribution in [0.5, 0.6) is 5.75 Å². The van der Waals surface area contributed by atoms with E-state index in [2.05, 4.69) is 10.0 Å². The molecule has 3 N–H and O–H groups in total. The smallest absolute Gasteiger partial charge is 0.416 e. The van der Waals surface area contributed by atoms with Gasteiger partial charge in [0, 0.05) is 11.5 Å². The number of phenolic OH excluding ortho intramolecular Hbond substituents is 1. The summed E-state index contributed by atoms with van der Waals surface area (Å²) < 4.78 is 37.7. The Morgan fingerprint density at radius 1 is 1.25 bits per heavy atom. The number of benzene rings is 1. The van der Waals surface area contributed by atoms with E-state index in [9.17, 15) is 28.5 Å². The summed E-state index contributed by atoms with van der Waals surface area (Å²) in [6.45, 7) is -0.111. The fraction of sp³-hybridized carbons (Fsp3) is 0.455. The molecule has 2 atom stereocenters. The van der Waals surface area contributed by atoms with E-state index in [4.69, 9.17) is 5.53 Å². The minimum absolute atomic E-state index is 0.111. The van der Waals surface area contributed by atoms with Crippen LogP contribution in [0.15, 0.2) is 23.3 Å². The van der Waals surface area contributed by atoms with Crippen molar-refractivity contribution < 1.29 is 28.5 Å². The highest BCUT2D eigenvalue weighted by Crippen LogP contribution is 2.34. The van der Waals surface area contributed by atoms with Gasteiger partial charge in [-0.3, -0.25) is 0 Å². The molecule has 0 heterocycles. The Morgan fingerprint density at radius 2 is 1.90 bits per heavy atom. The van der Waals surface area contributed by atoms with Crippen molar-refractivity contribution in [3.63, 3.8) is 0 Å². The predicted molar refractivity (Wildman–Crippen MR) is 62.7 cm³/mol. The summed E-state index contributed by atoms with van der Waals surface area (Å²) in [7, 11) is 0. The number of halogens is 3. The van der Waals surface area contributed by atoms with Crippen LogP contribution in [0.4, 0.5) is 13.2 Å². The fourth-order valence-corrected chi connectivity index (χ4v) is 1.58. The van der Waals surface area contributed by atoms with Crippen molar-refractivity contribution in [2.24, 2.45) is 5.11 Å². The number of hydrogen-bond acceptors (Lipinski definition) is 4. The van der Waals surface area contributed by atoms with Crippen LogP contribution in [0, 0.1) is 0 Å². The SMILES string of the molecule is [N-]=[N+]=NCCC(O)C(O)c1cc(O)cc(C(F)(F)F)c1. The van der Waals surface area contributed by atoms with Crippen LogP contribution in [0.1, 0.15) is 23.7 Å². The van der Waals surface area contributed by atoms with Crippen LogP contribution in [0.25, 0.3) is 10.4 Å². The van der Waals surface area contributed by atoms with E-state index in [1.165, 1.54) is 0 Å². The molecule has 6 nitrogen and oxygen atoms in total. The zero-order valence-electron chi connectivity index (χ0n) is 10.1. The number of hydrogen-bond donors (Lipinski definition) is 3. The molecule has 0 spiro atoms. The number of aromatic hydroxyl groups is 1. The molecule has 0 aliphatic rings. The summed E-state index contributed by atoms with van der Waals surface area (Å²) in [5.74, 6) is -0.670. The lowest BCUT2D eigenvalue weighted by Gasteiger charge is -2.19. The first kappa shape index (κ1) is 16.1. The van der Waals surface area contributed by atoms with Crippen LogP contribution < -0.4 is 0 Å². The number of aliphatic hydroxyl groups is 2. The molecule has 0 bridgehead atoms. The lowest BCUT2D eigenvalue weighted by Crippen LogP contribution is -2.19. The van der Waals surface area contributed by atoms with Gasteiger partial charge in [-0.25, -0.2) is 0 Å². The van der Waals surface area contributed by atoms with Crippen molar-refractivity contribution in [1.29, 1.82) is 0 Å². The Hall–Kier alpha value is -1.96. The molecule has 2 unspecified atom stereocenters. The molecular formula is C11H12F3N3O3. The van der Waals surface area contributed by atoms with Crippen LogP contribution in [-0.2, 0) is 6.18 Å². The number of alkyl halides is 3. The molecule has 110 valence electrons. The number of aliphatic hydroxyl groups excluding tert-OH is 2. The van der Waals surface area contributed by atoms with Gasteiger partial charge in [-0.15, -0.1) is 0 Å². The van der Waals surface area contributed by atoms with E-state index < -0.39 is 29.7 Å².